The molecule has 1 rings (SSSR count). The topological polar surface area (TPSA) is 80.9 Å². The molecule has 1 unspecified atom stereocenters. The zero-order valence-electron chi connectivity index (χ0n) is 8.60. The van der Waals surface area contributed by atoms with Crippen LogP contribution in [0.1, 0.15) is 18.2 Å². The Bertz CT molecular complexity index is 418. The van der Waals surface area contributed by atoms with Gasteiger partial charge in [-0.3, -0.25) is 4.79 Å². The molecule has 11 heteroatoms. The van der Waals surface area contributed by atoms with Gasteiger partial charge >= 0.3 is 12.1 Å². The number of hydrogen-bond acceptors (Lipinski definition) is 4. The monoisotopic (exact) mass is 274 g/mol. The maximum Gasteiger partial charge on any atom is 0.408 e. The predicted molar refractivity (Wildman–Crippen MR) is 44.9 cm³/mol. The van der Waals surface area contributed by atoms with E-state index in [9.17, 15) is 26.7 Å². The third-order valence-corrected chi connectivity index (χ3v) is 1.91. The quantitative estimate of drug-likeness (QED) is 0.812. The van der Waals surface area contributed by atoms with E-state index in [0.717, 1.165) is 0 Å². The molecule has 102 valence electrons. The van der Waals surface area contributed by atoms with Gasteiger partial charge in [-0.2, -0.15) is 13.2 Å². The van der Waals surface area contributed by atoms with Crippen molar-refractivity contribution in [3.63, 3.8) is 0 Å². The third-order valence-electron chi connectivity index (χ3n) is 1.91. The number of rotatable bonds is 5. The van der Waals surface area contributed by atoms with E-state index in [2.05, 4.69) is 15.5 Å². The number of tetrazole rings is 1. The van der Waals surface area contributed by atoms with Gasteiger partial charge in [0, 0.05) is 6.42 Å². The van der Waals surface area contributed by atoms with E-state index >= 15 is 0 Å². The zero-order valence-corrected chi connectivity index (χ0v) is 8.60. The molecule has 0 saturated heterocycles. The lowest BCUT2D eigenvalue weighted by Gasteiger charge is -2.12. The van der Waals surface area contributed by atoms with Crippen molar-refractivity contribution in [3.8, 4) is 0 Å². The van der Waals surface area contributed by atoms with Crippen LogP contribution in [-0.4, -0.2) is 43.9 Å². The second-order valence-electron chi connectivity index (χ2n) is 3.33. The van der Waals surface area contributed by atoms with Crippen LogP contribution in [0.25, 0.3) is 0 Å². The highest BCUT2D eigenvalue weighted by atomic mass is 19.4. The summed E-state index contributed by atoms with van der Waals surface area (Å²) in [6.45, 7) is -1.64. The smallest absolute Gasteiger partial charge is 0.408 e. The number of alkyl halides is 5. The van der Waals surface area contributed by atoms with Crippen molar-refractivity contribution >= 4 is 5.97 Å². The van der Waals surface area contributed by atoms with Gasteiger partial charge in [-0.15, -0.1) is 5.10 Å². The van der Waals surface area contributed by atoms with Gasteiger partial charge in [-0.1, -0.05) is 0 Å². The van der Waals surface area contributed by atoms with Crippen molar-refractivity contribution in [1.82, 2.24) is 20.2 Å². The fraction of sp³-hybridized carbons (Fsp3) is 0.714. The van der Waals surface area contributed by atoms with Gasteiger partial charge in [0.05, 0.1) is 0 Å². The average Bonchev–Trinajstić information content (AvgIpc) is 2.58. The summed E-state index contributed by atoms with van der Waals surface area (Å²) in [4.78, 5) is 10.7. The largest absolute Gasteiger partial charge is 0.481 e. The standard InChI is InChI=1S/C7H7F5N4O2/c8-4(9)1-3(6(17)18)5-13-14-15-16(5)2-7(10,11)12/h3-4H,1-2H2,(H,17,18). The minimum Gasteiger partial charge on any atom is -0.481 e. The van der Waals surface area contributed by atoms with E-state index in [1.54, 1.807) is 0 Å². The summed E-state index contributed by atoms with van der Waals surface area (Å²) in [5, 5.41) is 17.6. The van der Waals surface area contributed by atoms with Crippen molar-refractivity contribution in [2.24, 2.45) is 0 Å². The second kappa shape index (κ2) is 5.23. The van der Waals surface area contributed by atoms with Crippen LogP contribution in [0.2, 0.25) is 0 Å². The first-order chi connectivity index (χ1) is 8.20. The van der Waals surface area contributed by atoms with E-state index in [1.165, 1.54) is 0 Å². The molecule has 6 nitrogen and oxygen atoms in total. The summed E-state index contributed by atoms with van der Waals surface area (Å²) in [5.74, 6) is -4.35. The van der Waals surface area contributed by atoms with E-state index in [-0.39, 0.29) is 4.68 Å². The number of carboxylic acids is 1. The molecule has 1 heterocycles. The second-order valence-corrected chi connectivity index (χ2v) is 3.33. The molecule has 0 radical (unpaired) electrons. The molecule has 0 aliphatic rings. The minimum absolute atomic E-state index is 0.154. The van der Waals surface area contributed by atoms with Gasteiger partial charge in [0.1, 0.15) is 12.5 Å². The molecule has 1 aromatic heterocycles. The molecular weight excluding hydrogens is 267 g/mol. The lowest BCUT2D eigenvalue weighted by Crippen LogP contribution is -2.25. The van der Waals surface area contributed by atoms with Crippen LogP contribution in [0, 0.1) is 0 Å². The lowest BCUT2D eigenvalue weighted by molar-refractivity contribution is -0.146. The highest BCUT2D eigenvalue weighted by Crippen LogP contribution is 2.24. The maximum absolute atomic E-state index is 12.1. The number of carbonyl (C=O) groups is 1. The molecule has 0 bridgehead atoms. The molecule has 0 aliphatic carbocycles. The van der Waals surface area contributed by atoms with Crippen molar-refractivity contribution in [2.45, 2.75) is 31.5 Å². The molecule has 1 aromatic rings. The highest BCUT2D eigenvalue weighted by molar-refractivity contribution is 5.74. The van der Waals surface area contributed by atoms with Crippen LogP contribution >= 0.6 is 0 Å². The maximum atomic E-state index is 12.1. The van der Waals surface area contributed by atoms with Gasteiger partial charge < -0.3 is 5.11 Å². The van der Waals surface area contributed by atoms with Crippen molar-refractivity contribution < 1.29 is 31.9 Å². The van der Waals surface area contributed by atoms with E-state index < -0.39 is 43.3 Å². The van der Waals surface area contributed by atoms with E-state index in [0.29, 0.717) is 0 Å². The number of aliphatic carboxylic acids is 1. The average molecular weight is 274 g/mol. The molecule has 0 aromatic carbocycles. The van der Waals surface area contributed by atoms with Crippen LogP contribution in [0.15, 0.2) is 0 Å². The highest BCUT2D eigenvalue weighted by Gasteiger charge is 2.35. The normalized spacial score (nSPS) is 13.9. The van der Waals surface area contributed by atoms with E-state index in [1.807, 2.05) is 0 Å². The van der Waals surface area contributed by atoms with Gasteiger partial charge in [0.25, 0.3) is 0 Å². The first kappa shape index (κ1) is 14.3. The molecule has 1 N–H and O–H groups in total. The van der Waals surface area contributed by atoms with Crippen LogP contribution in [0.5, 0.6) is 0 Å². The fourth-order valence-electron chi connectivity index (χ4n) is 1.24. The van der Waals surface area contributed by atoms with Gasteiger partial charge in [-0.05, 0) is 10.4 Å². The fourth-order valence-corrected chi connectivity index (χ4v) is 1.24. The number of aromatic nitrogens is 4. The number of hydrogen-bond donors (Lipinski definition) is 1. The number of halogens is 5. The Kier molecular flexibility index (Phi) is 4.14. The van der Waals surface area contributed by atoms with Crippen LogP contribution in [0.4, 0.5) is 22.0 Å². The van der Waals surface area contributed by atoms with E-state index in [4.69, 9.17) is 5.11 Å². The Hall–Kier alpha value is -1.81. The number of nitrogens with zero attached hydrogens (tertiary/aromatic N) is 4. The summed E-state index contributed by atoms with van der Waals surface area (Å²) >= 11 is 0. The van der Waals surface area contributed by atoms with Crippen LogP contribution < -0.4 is 0 Å². The summed E-state index contributed by atoms with van der Waals surface area (Å²) in [5.41, 5.74) is 0. The molecule has 1 atom stereocenters. The first-order valence-electron chi connectivity index (χ1n) is 4.54. The van der Waals surface area contributed by atoms with Crippen LogP contribution in [-0.2, 0) is 11.3 Å². The molecule has 0 aliphatic heterocycles. The van der Waals surface area contributed by atoms with Gasteiger partial charge in [-0.25, -0.2) is 13.5 Å². The molecule has 0 spiro atoms. The Balaban J connectivity index is 2.99. The zero-order chi connectivity index (χ0) is 13.9. The molecule has 0 saturated carbocycles. The lowest BCUT2D eigenvalue weighted by atomic mass is 10.1. The Labute approximate surface area is 96.4 Å². The molecular formula is C7H7F5N4O2. The van der Waals surface area contributed by atoms with Gasteiger partial charge in [0.15, 0.2) is 5.82 Å². The molecule has 18 heavy (non-hydrogen) atoms. The van der Waals surface area contributed by atoms with Crippen molar-refractivity contribution in [3.05, 3.63) is 5.82 Å². The van der Waals surface area contributed by atoms with Crippen molar-refractivity contribution in [1.29, 1.82) is 0 Å². The molecule has 0 fully saturated rings. The van der Waals surface area contributed by atoms with Crippen LogP contribution in [0.3, 0.4) is 0 Å². The SMILES string of the molecule is O=C(O)C(CC(F)F)c1nnnn1CC(F)(F)F. The minimum atomic E-state index is -4.68. The number of carboxylic acid groups (broad SMARTS) is 1. The third kappa shape index (κ3) is 3.89. The predicted octanol–water partition coefficient (Wildman–Crippen LogP) is 1.06. The Morgan fingerprint density at radius 2 is 2.00 bits per heavy atom. The summed E-state index contributed by atoms with van der Waals surface area (Å²) in [6.07, 6.45) is -8.84. The summed E-state index contributed by atoms with van der Waals surface area (Å²) in [6, 6.07) is 0. The first-order valence-corrected chi connectivity index (χ1v) is 4.54. The molecule has 0 amide bonds. The summed E-state index contributed by atoms with van der Waals surface area (Å²) < 4.78 is 60.8. The summed E-state index contributed by atoms with van der Waals surface area (Å²) in [7, 11) is 0. The Morgan fingerprint density at radius 3 is 2.44 bits per heavy atom. The Morgan fingerprint density at radius 1 is 1.39 bits per heavy atom. The van der Waals surface area contributed by atoms with Gasteiger partial charge in [0.2, 0.25) is 6.43 Å². The van der Waals surface area contributed by atoms with Crippen molar-refractivity contribution in [2.75, 3.05) is 0 Å².